The maximum Gasteiger partial charge on any atom is 0.0107 e. The number of nitrogens with one attached hydrogen (secondary N) is 2. The first-order valence-electron chi connectivity index (χ1n) is 6.27. The monoisotopic (exact) mass is 214 g/mol. The second kappa shape index (κ2) is 9.09. The minimum absolute atomic E-state index is 0.822. The summed E-state index contributed by atoms with van der Waals surface area (Å²) in [6.45, 7) is 9.08. The fourth-order valence-corrected chi connectivity index (χ4v) is 1.88. The summed E-state index contributed by atoms with van der Waals surface area (Å²) in [4.78, 5) is 2.54. The van der Waals surface area contributed by atoms with Gasteiger partial charge in [-0.05, 0) is 45.4 Å². The van der Waals surface area contributed by atoms with Gasteiger partial charge in [0.2, 0.25) is 0 Å². The number of nitrogens with two attached hydrogens (primary N) is 1. The molecule has 1 heterocycles. The van der Waals surface area contributed by atoms with Gasteiger partial charge in [0.1, 0.15) is 0 Å². The summed E-state index contributed by atoms with van der Waals surface area (Å²) in [5.41, 5.74) is 5.43. The maximum atomic E-state index is 5.43. The van der Waals surface area contributed by atoms with Crippen LogP contribution in [-0.2, 0) is 0 Å². The zero-order valence-electron chi connectivity index (χ0n) is 9.80. The Morgan fingerprint density at radius 1 is 1.07 bits per heavy atom. The fourth-order valence-electron chi connectivity index (χ4n) is 1.88. The topological polar surface area (TPSA) is 53.3 Å². The molecular weight excluding hydrogens is 188 g/mol. The van der Waals surface area contributed by atoms with E-state index in [0.717, 1.165) is 39.1 Å². The van der Waals surface area contributed by atoms with Crippen molar-refractivity contribution < 1.29 is 0 Å². The summed E-state index contributed by atoms with van der Waals surface area (Å²) in [6.07, 6.45) is 3.62. The van der Waals surface area contributed by atoms with E-state index in [0.29, 0.717) is 0 Å². The van der Waals surface area contributed by atoms with Gasteiger partial charge in [0, 0.05) is 26.2 Å². The van der Waals surface area contributed by atoms with E-state index < -0.39 is 0 Å². The van der Waals surface area contributed by atoms with Crippen molar-refractivity contribution >= 4 is 0 Å². The van der Waals surface area contributed by atoms with Crippen molar-refractivity contribution in [3.05, 3.63) is 0 Å². The molecule has 0 spiro atoms. The lowest BCUT2D eigenvalue weighted by Gasteiger charge is -2.27. The number of nitrogens with zero attached hydrogens (tertiary/aromatic N) is 1. The Balaban J connectivity index is 1.79. The van der Waals surface area contributed by atoms with Crippen LogP contribution in [0.5, 0.6) is 0 Å². The zero-order chi connectivity index (χ0) is 10.8. The van der Waals surface area contributed by atoms with Crippen LogP contribution in [0.25, 0.3) is 0 Å². The summed E-state index contributed by atoms with van der Waals surface area (Å²) in [6, 6.07) is 0. The Labute approximate surface area is 93.6 Å². The lowest BCUT2D eigenvalue weighted by atomic mass is 10.3. The summed E-state index contributed by atoms with van der Waals surface area (Å²) in [5.74, 6) is 0. The average Bonchev–Trinajstić information content (AvgIpc) is 2.29. The molecule has 4 N–H and O–H groups in total. The van der Waals surface area contributed by atoms with E-state index in [9.17, 15) is 0 Å². The number of unbranched alkanes of at least 4 members (excludes halogenated alkanes) is 1. The van der Waals surface area contributed by atoms with Gasteiger partial charge in [-0.3, -0.25) is 0 Å². The van der Waals surface area contributed by atoms with E-state index in [1.807, 2.05) is 0 Å². The van der Waals surface area contributed by atoms with Gasteiger partial charge in [-0.15, -0.1) is 0 Å². The fraction of sp³-hybridized carbons (Fsp3) is 1.00. The molecule has 0 radical (unpaired) electrons. The molecule has 0 unspecified atom stereocenters. The molecule has 0 atom stereocenters. The quantitative estimate of drug-likeness (QED) is 0.482. The lowest BCUT2D eigenvalue weighted by molar-refractivity contribution is 0.237. The number of hydrogen-bond acceptors (Lipinski definition) is 4. The predicted octanol–water partition coefficient (Wildman–Crippen LogP) is -0.390. The molecule has 1 aliphatic heterocycles. The Bertz CT molecular complexity index is 135. The van der Waals surface area contributed by atoms with Crippen LogP contribution in [0.1, 0.15) is 19.3 Å². The van der Waals surface area contributed by atoms with Crippen LogP contribution in [0.2, 0.25) is 0 Å². The van der Waals surface area contributed by atoms with Crippen molar-refractivity contribution in [3.8, 4) is 0 Å². The second-order valence-corrected chi connectivity index (χ2v) is 4.19. The Kier molecular flexibility index (Phi) is 7.83. The van der Waals surface area contributed by atoms with Gasteiger partial charge in [0.25, 0.3) is 0 Å². The highest BCUT2D eigenvalue weighted by Crippen LogP contribution is 1.93. The van der Waals surface area contributed by atoms with Crippen LogP contribution in [0.15, 0.2) is 0 Å². The highest BCUT2D eigenvalue weighted by atomic mass is 15.2. The first kappa shape index (κ1) is 12.9. The molecule has 4 nitrogen and oxygen atoms in total. The van der Waals surface area contributed by atoms with Gasteiger partial charge in [0.15, 0.2) is 0 Å². The third-order valence-electron chi connectivity index (χ3n) is 2.85. The summed E-state index contributed by atoms with van der Waals surface area (Å²) in [7, 11) is 0. The van der Waals surface area contributed by atoms with E-state index in [1.165, 1.54) is 32.5 Å². The molecule has 0 aromatic carbocycles. The molecule has 1 fully saturated rings. The van der Waals surface area contributed by atoms with Gasteiger partial charge in [-0.1, -0.05) is 0 Å². The molecule has 1 aliphatic rings. The van der Waals surface area contributed by atoms with Crippen molar-refractivity contribution in [1.29, 1.82) is 0 Å². The van der Waals surface area contributed by atoms with Crippen molar-refractivity contribution in [3.63, 3.8) is 0 Å². The van der Waals surface area contributed by atoms with E-state index in [4.69, 9.17) is 5.73 Å². The van der Waals surface area contributed by atoms with E-state index in [1.54, 1.807) is 0 Å². The van der Waals surface area contributed by atoms with E-state index in [-0.39, 0.29) is 0 Å². The highest BCUT2D eigenvalue weighted by molar-refractivity contribution is 4.67. The SMILES string of the molecule is NCCCCNCCCN1CCNCC1. The number of piperazine rings is 1. The summed E-state index contributed by atoms with van der Waals surface area (Å²) in [5, 5.41) is 6.83. The van der Waals surface area contributed by atoms with Crippen molar-refractivity contribution in [2.24, 2.45) is 5.73 Å². The molecule has 1 saturated heterocycles. The van der Waals surface area contributed by atoms with Crippen LogP contribution >= 0.6 is 0 Å². The third-order valence-corrected chi connectivity index (χ3v) is 2.85. The van der Waals surface area contributed by atoms with Crippen LogP contribution in [0, 0.1) is 0 Å². The maximum absolute atomic E-state index is 5.43. The Morgan fingerprint density at radius 2 is 1.80 bits per heavy atom. The van der Waals surface area contributed by atoms with E-state index >= 15 is 0 Å². The summed E-state index contributed by atoms with van der Waals surface area (Å²) < 4.78 is 0. The standard InChI is InChI=1S/C11H26N4/c12-4-1-2-5-13-6-3-9-15-10-7-14-8-11-15/h13-14H,1-12H2. The van der Waals surface area contributed by atoms with Crippen LogP contribution in [0.4, 0.5) is 0 Å². The van der Waals surface area contributed by atoms with Gasteiger partial charge in [-0.25, -0.2) is 0 Å². The molecule has 0 bridgehead atoms. The first-order valence-corrected chi connectivity index (χ1v) is 6.27. The van der Waals surface area contributed by atoms with Gasteiger partial charge < -0.3 is 21.3 Å². The Hall–Kier alpha value is -0.160. The number of hydrogen-bond donors (Lipinski definition) is 3. The lowest BCUT2D eigenvalue weighted by Crippen LogP contribution is -2.44. The third kappa shape index (κ3) is 6.84. The molecule has 0 aliphatic carbocycles. The molecule has 90 valence electrons. The van der Waals surface area contributed by atoms with Crippen molar-refractivity contribution in [1.82, 2.24) is 15.5 Å². The van der Waals surface area contributed by atoms with Gasteiger partial charge in [0.05, 0.1) is 0 Å². The summed E-state index contributed by atoms with van der Waals surface area (Å²) >= 11 is 0. The predicted molar refractivity (Wildman–Crippen MR) is 65.1 cm³/mol. The highest BCUT2D eigenvalue weighted by Gasteiger charge is 2.07. The van der Waals surface area contributed by atoms with Crippen molar-refractivity contribution in [2.45, 2.75) is 19.3 Å². The van der Waals surface area contributed by atoms with Gasteiger partial charge >= 0.3 is 0 Å². The Morgan fingerprint density at radius 3 is 2.53 bits per heavy atom. The molecule has 1 rings (SSSR count). The largest absolute Gasteiger partial charge is 0.330 e. The van der Waals surface area contributed by atoms with Gasteiger partial charge in [-0.2, -0.15) is 0 Å². The molecule has 0 aromatic rings. The molecular formula is C11H26N4. The minimum atomic E-state index is 0.822. The minimum Gasteiger partial charge on any atom is -0.330 e. The molecule has 0 saturated carbocycles. The second-order valence-electron chi connectivity index (χ2n) is 4.19. The normalized spacial score (nSPS) is 18.2. The number of rotatable bonds is 8. The molecule has 15 heavy (non-hydrogen) atoms. The molecule has 0 aromatic heterocycles. The average molecular weight is 214 g/mol. The molecule has 4 heteroatoms. The van der Waals surface area contributed by atoms with Crippen LogP contribution in [0.3, 0.4) is 0 Å². The van der Waals surface area contributed by atoms with Crippen LogP contribution in [-0.4, -0.2) is 57.3 Å². The zero-order valence-corrected chi connectivity index (χ0v) is 9.80. The smallest absolute Gasteiger partial charge is 0.0107 e. The van der Waals surface area contributed by atoms with Crippen LogP contribution < -0.4 is 16.4 Å². The van der Waals surface area contributed by atoms with Crippen molar-refractivity contribution in [2.75, 3.05) is 52.4 Å². The van der Waals surface area contributed by atoms with E-state index in [2.05, 4.69) is 15.5 Å². The first-order chi connectivity index (χ1) is 7.43. The molecule has 0 amide bonds.